The third-order valence-electron chi connectivity index (χ3n) is 3.91. The third-order valence-corrected chi connectivity index (χ3v) is 3.91. The van der Waals surface area contributed by atoms with Gasteiger partial charge in [0, 0.05) is 17.8 Å². The molecule has 0 aliphatic heterocycles. The Morgan fingerprint density at radius 2 is 1.79 bits per heavy atom. The number of hydrazone groups is 1. The Hall–Kier alpha value is -3.82. The zero-order valence-corrected chi connectivity index (χ0v) is 15.9. The highest BCUT2D eigenvalue weighted by molar-refractivity contribution is 5.95. The van der Waals surface area contributed by atoms with Crippen LogP contribution in [0, 0.1) is 26.1 Å². The highest BCUT2D eigenvalue weighted by Gasteiger charge is 2.19. The van der Waals surface area contributed by atoms with Crippen LogP contribution in [0.1, 0.15) is 30.6 Å². The largest absolute Gasteiger partial charge is 0.344 e. The maximum absolute atomic E-state index is 12.4. The molecule has 10 nitrogen and oxygen atoms in total. The number of hydrogen-bond donors (Lipinski definition) is 2. The number of nitrogens with one attached hydrogen (secondary N) is 2. The smallest absolute Gasteiger partial charge is 0.301 e. The number of non-ortho nitro benzene ring substituents is 1. The van der Waals surface area contributed by atoms with E-state index in [1.807, 2.05) is 19.9 Å². The van der Waals surface area contributed by atoms with Crippen molar-refractivity contribution in [2.45, 2.75) is 26.3 Å². The topological polar surface area (TPSA) is 140 Å². The van der Waals surface area contributed by atoms with Crippen LogP contribution in [-0.4, -0.2) is 28.0 Å². The van der Waals surface area contributed by atoms with Crippen LogP contribution in [0.2, 0.25) is 0 Å². The number of amides is 1. The summed E-state index contributed by atoms with van der Waals surface area (Å²) >= 11 is 0. The van der Waals surface area contributed by atoms with Crippen molar-refractivity contribution >= 4 is 29.2 Å². The molecule has 1 atom stereocenters. The van der Waals surface area contributed by atoms with Gasteiger partial charge >= 0.3 is 5.69 Å². The number of anilines is 1. The van der Waals surface area contributed by atoms with Gasteiger partial charge in [-0.2, -0.15) is 5.10 Å². The Morgan fingerprint density at radius 3 is 2.38 bits per heavy atom. The molecule has 0 heterocycles. The zero-order chi connectivity index (χ0) is 21.4. The summed E-state index contributed by atoms with van der Waals surface area (Å²) < 4.78 is 0. The van der Waals surface area contributed by atoms with Gasteiger partial charge < -0.3 is 5.32 Å². The number of benzene rings is 2. The molecule has 10 heteroatoms. The minimum absolute atomic E-state index is 0.00883. The maximum Gasteiger partial charge on any atom is 0.301 e. The van der Waals surface area contributed by atoms with E-state index in [0.717, 1.165) is 12.1 Å². The lowest BCUT2D eigenvalue weighted by atomic mass is 10.0. The lowest BCUT2D eigenvalue weighted by Crippen LogP contribution is -2.37. The molecular weight excluding hydrogens is 378 g/mol. The minimum Gasteiger partial charge on any atom is -0.344 e. The molecular formula is C19H21N5O5. The molecule has 2 aromatic carbocycles. The van der Waals surface area contributed by atoms with Crippen LogP contribution in [0.5, 0.6) is 0 Å². The summed E-state index contributed by atoms with van der Waals surface area (Å²) in [6, 6.07) is 11.5. The minimum atomic E-state index is -0.729. The normalized spacial score (nSPS) is 12.0. The first-order chi connectivity index (χ1) is 13.8. The zero-order valence-electron chi connectivity index (χ0n) is 15.9. The average Bonchev–Trinajstić information content (AvgIpc) is 2.68. The predicted octanol–water partition coefficient (Wildman–Crippen LogP) is 3.75. The van der Waals surface area contributed by atoms with Crippen molar-refractivity contribution in [2.24, 2.45) is 11.0 Å². The number of nitro benzene ring substituents is 2. The summed E-state index contributed by atoms with van der Waals surface area (Å²) in [5.41, 5.74) is 2.19. The lowest BCUT2D eigenvalue weighted by molar-refractivity contribution is -0.393. The molecule has 2 N–H and O–H groups in total. The van der Waals surface area contributed by atoms with Crippen molar-refractivity contribution < 1.29 is 14.6 Å². The van der Waals surface area contributed by atoms with Crippen LogP contribution in [0.4, 0.5) is 17.1 Å². The molecule has 1 unspecified atom stereocenters. The molecule has 1 amide bonds. The first-order valence-electron chi connectivity index (χ1n) is 8.86. The van der Waals surface area contributed by atoms with Crippen molar-refractivity contribution in [1.29, 1.82) is 0 Å². The van der Waals surface area contributed by atoms with Gasteiger partial charge in [-0.15, -0.1) is 0 Å². The van der Waals surface area contributed by atoms with Gasteiger partial charge in [0.05, 0.1) is 22.0 Å². The molecule has 29 heavy (non-hydrogen) atoms. The van der Waals surface area contributed by atoms with Crippen molar-refractivity contribution in [3.8, 4) is 0 Å². The van der Waals surface area contributed by atoms with E-state index in [9.17, 15) is 25.0 Å². The van der Waals surface area contributed by atoms with E-state index in [1.165, 1.54) is 12.3 Å². The van der Waals surface area contributed by atoms with E-state index in [0.29, 0.717) is 12.0 Å². The molecule has 0 aliphatic rings. The number of hydrogen-bond acceptors (Lipinski definition) is 7. The Labute approximate surface area is 166 Å². The quantitative estimate of drug-likeness (QED) is 0.374. The number of nitrogens with zero attached hydrogens (tertiary/aromatic N) is 3. The summed E-state index contributed by atoms with van der Waals surface area (Å²) in [6.45, 7) is 3.98. The van der Waals surface area contributed by atoms with Crippen LogP contribution in [0.25, 0.3) is 0 Å². The Kier molecular flexibility index (Phi) is 7.35. The van der Waals surface area contributed by atoms with E-state index in [2.05, 4.69) is 15.8 Å². The van der Waals surface area contributed by atoms with Crippen molar-refractivity contribution in [3.05, 3.63) is 74.3 Å². The van der Waals surface area contributed by atoms with Crippen LogP contribution in [0.3, 0.4) is 0 Å². The second kappa shape index (κ2) is 9.93. The summed E-state index contributed by atoms with van der Waals surface area (Å²) in [4.78, 5) is 32.9. The van der Waals surface area contributed by atoms with E-state index >= 15 is 0 Å². The van der Waals surface area contributed by atoms with Crippen molar-refractivity contribution in [3.63, 3.8) is 0 Å². The molecule has 0 saturated heterocycles. The second-order valence-electron chi connectivity index (χ2n) is 6.68. The van der Waals surface area contributed by atoms with E-state index in [-0.39, 0.29) is 23.2 Å². The summed E-state index contributed by atoms with van der Waals surface area (Å²) in [5, 5.41) is 28.8. The number of carbonyl (C=O) groups excluding carboxylic acids is 1. The highest BCUT2D eigenvalue weighted by Crippen LogP contribution is 2.28. The Bertz CT molecular complexity index is 914. The van der Waals surface area contributed by atoms with Gasteiger partial charge in [0.1, 0.15) is 5.69 Å². The summed E-state index contributed by atoms with van der Waals surface area (Å²) in [5.74, 6) is 0.000232. The molecule has 2 rings (SSSR count). The fourth-order valence-corrected chi connectivity index (χ4v) is 2.58. The molecule has 0 spiro atoms. The fourth-order valence-electron chi connectivity index (χ4n) is 2.58. The van der Waals surface area contributed by atoms with E-state index < -0.39 is 21.6 Å². The van der Waals surface area contributed by atoms with Gasteiger partial charge in [0.15, 0.2) is 0 Å². The summed E-state index contributed by atoms with van der Waals surface area (Å²) in [7, 11) is 0. The van der Waals surface area contributed by atoms with Crippen LogP contribution < -0.4 is 10.7 Å². The molecule has 0 aromatic heterocycles. The molecule has 0 aliphatic carbocycles. The van der Waals surface area contributed by atoms with Crippen LogP contribution >= 0.6 is 0 Å². The fraction of sp³-hybridized carbons (Fsp3) is 0.263. The van der Waals surface area contributed by atoms with E-state index in [1.54, 1.807) is 24.3 Å². The lowest BCUT2D eigenvalue weighted by Gasteiger charge is -2.16. The van der Waals surface area contributed by atoms with Gasteiger partial charge in [-0.1, -0.05) is 32.0 Å². The molecule has 0 saturated carbocycles. The third kappa shape index (κ3) is 6.38. The van der Waals surface area contributed by atoms with Crippen molar-refractivity contribution in [2.75, 3.05) is 5.43 Å². The Morgan fingerprint density at radius 1 is 1.10 bits per heavy atom. The van der Waals surface area contributed by atoms with Gasteiger partial charge in [0.2, 0.25) is 0 Å². The number of rotatable bonds is 9. The molecule has 0 fully saturated rings. The first-order valence-corrected chi connectivity index (χ1v) is 8.86. The average molecular weight is 399 g/mol. The van der Waals surface area contributed by atoms with Gasteiger partial charge in [-0.05, 0) is 30.5 Å². The van der Waals surface area contributed by atoms with Crippen molar-refractivity contribution in [1.82, 2.24) is 5.32 Å². The molecule has 152 valence electrons. The maximum atomic E-state index is 12.4. The van der Waals surface area contributed by atoms with Gasteiger partial charge in [0.25, 0.3) is 11.6 Å². The monoisotopic (exact) mass is 399 g/mol. The first kappa shape index (κ1) is 21.5. The standard InChI is InChI=1S/C19H21N5O5/c1-13(2)10-15(21-19(25)14-6-4-3-5-7-14)12-20-22-17-9-8-16(23(26)27)11-18(17)24(28)29/h3-9,11-13,15,22H,10H2,1-2H3,(H,21,25). The van der Waals surface area contributed by atoms with E-state index in [4.69, 9.17) is 0 Å². The van der Waals surface area contributed by atoms with Gasteiger partial charge in [-0.25, -0.2) is 0 Å². The summed E-state index contributed by atoms with van der Waals surface area (Å²) in [6.07, 6.45) is 2.05. The number of nitro groups is 2. The van der Waals surface area contributed by atoms with Crippen LogP contribution in [0.15, 0.2) is 53.6 Å². The van der Waals surface area contributed by atoms with Gasteiger partial charge in [-0.3, -0.25) is 30.4 Å². The SMILES string of the molecule is CC(C)CC(C=NNc1ccc([N+](=O)[O-])cc1[N+](=O)[O-])NC(=O)c1ccccc1. The molecule has 2 aromatic rings. The Balaban J connectivity index is 2.14. The molecule has 0 radical (unpaired) electrons. The number of carbonyl (C=O) groups is 1. The highest BCUT2D eigenvalue weighted by atomic mass is 16.6. The van der Waals surface area contributed by atoms with Crippen LogP contribution in [-0.2, 0) is 0 Å². The second-order valence-corrected chi connectivity index (χ2v) is 6.68. The molecule has 0 bridgehead atoms. The predicted molar refractivity (Wildman–Crippen MR) is 109 cm³/mol.